The van der Waals surface area contributed by atoms with Crippen LogP contribution < -0.4 is 10.5 Å². The van der Waals surface area contributed by atoms with Crippen LogP contribution in [0, 0.1) is 0 Å². The average molecular weight is 437 g/mol. The van der Waals surface area contributed by atoms with Crippen LogP contribution in [0.15, 0.2) is 53.4 Å². The van der Waals surface area contributed by atoms with Crippen molar-refractivity contribution in [3.63, 3.8) is 0 Å². The molecule has 1 atom stereocenters. The van der Waals surface area contributed by atoms with Gasteiger partial charge in [-0.05, 0) is 54.8 Å². The Morgan fingerprint density at radius 1 is 1.10 bits per heavy atom. The van der Waals surface area contributed by atoms with Crippen LogP contribution in [0.3, 0.4) is 0 Å². The van der Waals surface area contributed by atoms with Crippen molar-refractivity contribution >= 4 is 16.0 Å². The summed E-state index contributed by atoms with van der Waals surface area (Å²) in [5.41, 5.74) is 7.20. The number of hydrogen-bond donors (Lipinski definition) is 2. The second kappa shape index (κ2) is 11.1. The minimum absolute atomic E-state index is 0.0104. The van der Waals surface area contributed by atoms with Gasteiger partial charge in [-0.15, -0.1) is 0 Å². The van der Waals surface area contributed by atoms with Gasteiger partial charge in [0, 0.05) is 0 Å². The molecule has 0 aliphatic carbocycles. The Morgan fingerprint density at radius 3 is 2.13 bits per heavy atom. The number of hydrogen-bond acceptors (Lipinski definition) is 6. The summed E-state index contributed by atoms with van der Waals surface area (Å²) in [6.45, 7) is 2.03. The lowest BCUT2D eigenvalue weighted by atomic mass is 10.1. The lowest BCUT2D eigenvalue weighted by Gasteiger charge is -2.27. The van der Waals surface area contributed by atoms with Crippen molar-refractivity contribution in [2.24, 2.45) is 5.73 Å². The van der Waals surface area contributed by atoms with E-state index >= 15 is 0 Å². The van der Waals surface area contributed by atoms with Gasteiger partial charge in [0.05, 0.1) is 18.6 Å². The Labute approximate surface area is 177 Å². The molecule has 0 heterocycles. The highest BCUT2D eigenvalue weighted by Gasteiger charge is 2.37. The maximum absolute atomic E-state index is 13.2. The third kappa shape index (κ3) is 5.79. The molecule has 164 valence electrons. The van der Waals surface area contributed by atoms with Crippen molar-refractivity contribution in [3.8, 4) is 16.9 Å². The van der Waals surface area contributed by atoms with Gasteiger partial charge >= 0.3 is 5.97 Å². The predicted octanol–water partition coefficient (Wildman–Crippen LogP) is 2.89. The Morgan fingerprint density at radius 2 is 1.67 bits per heavy atom. The zero-order valence-corrected chi connectivity index (χ0v) is 18.0. The summed E-state index contributed by atoms with van der Waals surface area (Å²) >= 11 is 0. The lowest BCUT2D eigenvalue weighted by molar-refractivity contribution is -0.162. The zero-order valence-electron chi connectivity index (χ0n) is 17.2. The van der Waals surface area contributed by atoms with Crippen LogP contribution in [0.2, 0.25) is 0 Å². The highest BCUT2D eigenvalue weighted by molar-refractivity contribution is 7.89. The number of methoxy groups -OCH3 is 1. The summed E-state index contributed by atoms with van der Waals surface area (Å²) in [5.74, 6) is -0.590. The van der Waals surface area contributed by atoms with E-state index in [9.17, 15) is 18.3 Å². The Kier molecular flexibility index (Phi) is 8.79. The van der Waals surface area contributed by atoms with Crippen molar-refractivity contribution in [2.75, 3.05) is 20.3 Å². The molecule has 0 fully saturated rings. The molecule has 0 saturated carbocycles. The normalized spacial score (nSPS) is 12.7. The van der Waals surface area contributed by atoms with Gasteiger partial charge in [0.15, 0.2) is 6.04 Å². The van der Waals surface area contributed by atoms with Gasteiger partial charge in [0.1, 0.15) is 5.75 Å². The number of unbranched alkanes of at least 4 members (excludes halogenated alkanes) is 1. The zero-order chi connectivity index (χ0) is 22.1. The Hall–Kier alpha value is -2.46. The van der Waals surface area contributed by atoms with Crippen LogP contribution in [0.25, 0.3) is 11.1 Å². The van der Waals surface area contributed by atoms with Crippen molar-refractivity contribution < 1.29 is 27.9 Å². The van der Waals surface area contributed by atoms with E-state index in [0.29, 0.717) is 10.9 Å². The van der Waals surface area contributed by atoms with E-state index in [0.717, 1.165) is 23.3 Å². The van der Waals surface area contributed by atoms with Crippen LogP contribution in [0.5, 0.6) is 5.75 Å². The maximum Gasteiger partial charge on any atom is 0.324 e. The van der Waals surface area contributed by atoms with Crippen molar-refractivity contribution in [1.82, 2.24) is 4.47 Å². The van der Waals surface area contributed by atoms with Crippen molar-refractivity contribution in [1.29, 1.82) is 0 Å². The fourth-order valence-corrected chi connectivity index (χ4v) is 4.24. The molecule has 0 aromatic heterocycles. The average Bonchev–Trinajstić information content (AvgIpc) is 2.75. The van der Waals surface area contributed by atoms with E-state index in [1.807, 2.05) is 31.2 Å². The number of ether oxygens (including phenoxy) is 1. The van der Waals surface area contributed by atoms with Gasteiger partial charge in [-0.1, -0.05) is 42.1 Å². The number of carboxylic acid groups (broad SMARTS) is 1. The third-order valence-corrected chi connectivity index (χ3v) is 6.21. The van der Waals surface area contributed by atoms with Gasteiger partial charge in [-0.2, -0.15) is 0 Å². The highest BCUT2D eigenvalue weighted by atomic mass is 32.2. The molecule has 0 radical (unpaired) electrons. The van der Waals surface area contributed by atoms with E-state index in [1.54, 1.807) is 19.2 Å². The van der Waals surface area contributed by atoms with Crippen LogP contribution in [0.4, 0.5) is 0 Å². The monoisotopic (exact) mass is 436 g/mol. The number of hydroxylamine groups is 1. The van der Waals surface area contributed by atoms with Gasteiger partial charge < -0.3 is 15.6 Å². The Balaban J connectivity index is 2.34. The van der Waals surface area contributed by atoms with Crippen LogP contribution in [0.1, 0.15) is 26.2 Å². The van der Waals surface area contributed by atoms with E-state index in [1.165, 1.54) is 12.1 Å². The number of rotatable bonds is 12. The summed E-state index contributed by atoms with van der Waals surface area (Å²) in [7, 11) is -2.62. The molecule has 0 unspecified atom stereocenters. The number of carboxylic acids is 1. The number of carbonyl (C=O) groups is 1. The highest BCUT2D eigenvalue weighted by Crippen LogP contribution is 2.26. The second-order valence-electron chi connectivity index (χ2n) is 6.63. The first kappa shape index (κ1) is 23.8. The minimum Gasteiger partial charge on any atom is -0.497 e. The molecule has 0 amide bonds. The molecule has 3 N–H and O–H groups in total. The van der Waals surface area contributed by atoms with Crippen molar-refractivity contribution in [2.45, 2.75) is 37.1 Å². The van der Waals surface area contributed by atoms with Crippen molar-refractivity contribution in [3.05, 3.63) is 48.5 Å². The second-order valence-corrected chi connectivity index (χ2v) is 8.41. The van der Waals surface area contributed by atoms with Gasteiger partial charge in [0.2, 0.25) is 0 Å². The SMILES string of the molecule is CCCCON([C@H](CCN)C(=O)O)S(=O)(=O)c1ccc(-c2ccc(OC)cc2)cc1. The number of nitrogens with zero attached hydrogens (tertiary/aromatic N) is 1. The molecule has 2 rings (SSSR count). The maximum atomic E-state index is 13.2. The molecule has 0 aliphatic rings. The third-order valence-electron chi connectivity index (χ3n) is 4.51. The van der Waals surface area contributed by atoms with E-state index in [-0.39, 0.29) is 24.5 Å². The number of nitrogens with two attached hydrogens (primary N) is 1. The smallest absolute Gasteiger partial charge is 0.324 e. The summed E-state index contributed by atoms with van der Waals surface area (Å²) in [5, 5.41) is 9.53. The molecular formula is C21H28N2O6S. The van der Waals surface area contributed by atoms with Gasteiger partial charge in [-0.25, -0.2) is 8.42 Å². The fourth-order valence-electron chi connectivity index (χ4n) is 2.81. The molecule has 0 saturated heterocycles. The molecule has 8 nitrogen and oxygen atoms in total. The first-order valence-corrected chi connectivity index (χ1v) is 11.1. The first-order valence-electron chi connectivity index (χ1n) is 9.69. The molecular weight excluding hydrogens is 408 g/mol. The fraction of sp³-hybridized carbons (Fsp3) is 0.381. The van der Waals surface area contributed by atoms with Gasteiger partial charge in [0.25, 0.3) is 10.0 Å². The summed E-state index contributed by atoms with van der Waals surface area (Å²) in [4.78, 5) is 17.0. The van der Waals surface area contributed by atoms with Crippen LogP contribution in [-0.4, -0.2) is 50.3 Å². The van der Waals surface area contributed by atoms with E-state index < -0.39 is 22.0 Å². The van der Waals surface area contributed by atoms with Crippen LogP contribution in [-0.2, 0) is 19.7 Å². The quantitative estimate of drug-likeness (QED) is 0.388. The number of aliphatic carboxylic acids is 1. The molecule has 2 aromatic carbocycles. The summed E-state index contributed by atoms with van der Waals surface area (Å²) < 4.78 is 32.0. The summed E-state index contributed by atoms with van der Waals surface area (Å²) in [6.07, 6.45) is 1.31. The molecule has 0 spiro atoms. The molecule has 9 heteroatoms. The molecule has 2 aromatic rings. The number of benzene rings is 2. The molecule has 30 heavy (non-hydrogen) atoms. The van der Waals surface area contributed by atoms with E-state index in [4.69, 9.17) is 15.3 Å². The minimum atomic E-state index is -4.20. The summed E-state index contributed by atoms with van der Waals surface area (Å²) in [6, 6.07) is 12.2. The first-order chi connectivity index (χ1) is 14.3. The number of sulfonamides is 1. The Bertz CT molecular complexity index is 914. The predicted molar refractivity (Wildman–Crippen MR) is 113 cm³/mol. The van der Waals surface area contributed by atoms with Crippen LogP contribution >= 0.6 is 0 Å². The lowest BCUT2D eigenvalue weighted by Crippen LogP contribution is -2.46. The molecule has 0 bridgehead atoms. The standard InChI is InChI=1S/C21H28N2O6S/c1-3-4-15-29-23(20(13-14-22)21(24)25)30(26,27)19-11-7-17(8-12-19)16-5-9-18(28-2)10-6-16/h5-12,20H,3-4,13-15,22H2,1-2H3,(H,24,25)/t20-/m1/s1. The molecule has 0 aliphatic heterocycles. The van der Waals surface area contributed by atoms with E-state index in [2.05, 4.69) is 0 Å². The van der Waals surface area contributed by atoms with Gasteiger partial charge in [-0.3, -0.25) is 9.63 Å². The topological polar surface area (TPSA) is 119 Å². The largest absolute Gasteiger partial charge is 0.497 e.